The second-order valence-electron chi connectivity index (χ2n) is 7.83. The van der Waals surface area contributed by atoms with Gasteiger partial charge in [0.15, 0.2) is 5.69 Å². The molecule has 1 amide bonds. The predicted octanol–water partition coefficient (Wildman–Crippen LogP) is 4.29. The lowest BCUT2D eigenvalue weighted by Gasteiger charge is -2.36. The summed E-state index contributed by atoms with van der Waals surface area (Å²) in [7, 11) is 0. The zero-order valence-electron chi connectivity index (χ0n) is 16.3. The zero-order chi connectivity index (χ0) is 21.5. The molecule has 2 aromatic heterocycles. The van der Waals surface area contributed by atoms with Crippen molar-refractivity contribution in [3.05, 3.63) is 71.3 Å². The van der Waals surface area contributed by atoms with Gasteiger partial charge in [0, 0.05) is 18.0 Å². The molecule has 9 heteroatoms. The van der Waals surface area contributed by atoms with Crippen LogP contribution in [0.1, 0.15) is 34.8 Å². The van der Waals surface area contributed by atoms with E-state index in [1.54, 1.807) is 12.1 Å². The summed E-state index contributed by atoms with van der Waals surface area (Å²) in [4.78, 5) is 15.1. The van der Waals surface area contributed by atoms with Gasteiger partial charge in [-0.1, -0.05) is 0 Å². The van der Waals surface area contributed by atoms with Crippen molar-refractivity contribution in [2.45, 2.75) is 18.8 Å². The van der Waals surface area contributed by atoms with Crippen LogP contribution in [0, 0.1) is 23.4 Å². The molecular weight excluding hydrogens is 407 g/mol. The summed E-state index contributed by atoms with van der Waals surface area (Å²) < 4.78 is 41.8. The van der Waals surface area contributed by atoms with Gasteiger partial charge in [-0.3, -0.25) is 4.79 Å². The van der Waals surface area contributed by atoms with Crippen LogP contribution >= 0.6 is 0 Å². The van der Waals surface area contributed by atoms with E-state index >= 15 is 0 Å². The van der Waals surface area contributed by atoms with Crippen LogP contribution < -0.4 is 5.32 Å². The average molecular weight is 425 g/mol. The Morgan fingerprint density at radius 3 is 2.58 bits per heavy atom. The van der Waals surface area contributed by atoms with E-state index in [0.717, 1.165) is 24.5 Å². The van der Waals surface area contributed by atoms with Crippen molar-refractivity contribution in [3.63, 3.8) is 0 Å². The molecule has 31 heavy (non-hydrogen) atoms. The molecule has 1 aliphatic rings. The van der Waals surface area contributed by atoms with Crippen molar-refractivity contribution < 1.29 is 18.0 Å². The second-order valence-corrected chi connectivity index (χ2v) is 7.83. The van der Waals surface area contributed by atoms with Crippen molar-refractivity contribution in [2.75, 3.05) is 6.54 Å². The number of carbonyl (C=O) groups is 1. The maximum absolute atomic E-state index is 14.4. The number of benzene rings is 2. The van der Waals surface area contributed by atoms with E-state index in [-0.39, 0.29) is 34.8 Å². The number of H-pyrrole nitrogens is 2. The fraction of sp³-hybridized carbons (Fsp3) is 0.227. The molecule has 0 atom stereocenters. The Hall–Kier alpha value is -3.62. The lowest BCUT2D eigenvalue weighted by atomic mass is 9.70. The Labute approximate surface area is 174 Å². The molecule has 0 spiro atoms. The number of fused-ring (bicyclic) bond motifs is 1. The summed E-state index contributed by atoms with van der Waals surface area (Å²) >= 11 is 0. The first-order chi connectivity index (χ1) is 15.0. The van der Waals surface area contributed by atoms with Crippen molar-refractivity contribution in [1.82, 2.24) is 25.7 Å². The van der Waals surface area contributed by atoms with E-state index in [1.807, 2.05) is 0 Å². The highest BCUT2D eigenvalue weighted by molar-refractivity contribution is 5.92. The third-order valence-electron chi connectivity index (χ3n) is 5.84. The Kier molecular flexibility index (Phi) is 4.72. The number of halogens is 3. The van der Waals surface area contributed by atoms with Crippen molar-refractivity contribution in [2.24, 2.45) is 5.92 Å². The van der Waals surface area contributed by atoms with Gasteiger partial charge in [0.1, 0.15) is 17.5 Å². The van der Waals surface area contributed by atoms with Crippen LogP contribution in [0.25, 0.3) is 22.2 Å². The number of nitrogens with one attached hydrogen (secondary N) is 3. The van der Waals surface area contributed by atoms with Crippen LogP contribution in [0.5, 0.6) is 0 Å². The Balaban J connectivity index is 1.41. The number of nitrogens with zero attached hydrogens (tertiary/aromatic N) is 2. The van der Waals surface area contributed by atoms with E-state index in [2.05, 4.69) is 25.7 Å². The number of hydrogen-bond acceptors (Lipinski definition) is 3. The monoisotopic (exact) mass is 425 g/mol. The summed E-state index contributed by atoms with van der Waals surface area (Å²) in [5.41, 5.74) is 2.64. The third kappa shape index (κ3) is 3.56. The van der Waals surface area contributed by atoms with Crippen LogP contribution in [0.4, 0.5) is 13.2 Å². The lowest BCUT2D eigenvalue weighted by molar-refractivity contribution is 0.0930. The van der Waals surface area contributed by atoms with Gasteiger partial charge >= 0.3 is 0 Å². The minimum absolute atomic E-state index is 0.0592. The minimum atomic E-state index is -0.666. The molecule has 158 valence electrons. The predicted molar refractivity (Wildman–Crippen MR) is 108 cm³/mol. The fourth-order valence-electron chi connectivity index (χ4n) is 4.29. The summed E-state index contributed by atoms with van der Waals surface area (Å²) in [6.07, 6.45) is 2.85. The molecule has 1 aliphatic carbocycles. The van der Waals surface area contributed by atoms with Gasteiger partial charge in [0.05, 0.1) is 17.4 Å². The van der Waals surface area contributed by atoms with Gasteiger partial charge in [-0.15, -0.1) is 0 Å². The quantitative estimate of drug-likeness (QED) is 0.446. The number of carbonyl (C=O) groups excluding carboxylic acids is 1. The number of rotatable bonds is 5. The first kappa shape index (κ1) is 19.3. The van der Waals surface area contributed by atoms with Gasteiger partial charge in [-0.2, -0.15) is 15.4 Å². The van der Waals surface area contributed by atoms with Crippen molar-refractivity contribution >= 4 is 16.8 Å². The Morgan fingerprint density at radius 1 is 1.10 bits per heavy atom. The van der Waals surface area contributed by atoms with Gasteiger partial charge < -0.3 is 10.3 Å². The number of amides is 1. The molecule has 0 aliphatic heterocycles. The van der Waals surface area contributed by atoms with Crippen LogP contribution in [0.2, 0.25) is 0 Å². The van der Waals surface area contributed by atoms with E-state index in [9.17, 15) is 18.0 Å². The van der Waals surface area contributed by atoms with Gasteiger partial charge in [-0.05, 0) is 66.1 Å². The summed E-state index contributed by atoms with van der Waals surface area (Å²) in [5, 5.41) is 13.1. The lowest BCUT2D eigenvalue weighted by Crippen LogP contribution is -2.35. The molecule has 2 heterocycles. The van der Waals surface area contributed by atoms with Crippen molar-refractivity contribution in [3.8, 4) is 11.3 Å². The number of aromatic amines is 2. The van der Waals surface area contributed by atoms with Crippen molar-refractivity contribution in [1.29, 1.82) is 0 Å². The summed E-state index contributed by atoms with van der Waals surface area (Å²) in [5.74, 6) is -1.70. The molecule has 0 unspecified atom stereocenters. The second kappa shape index (κ2) is 7.57. The Morgan fingerprint density at radius 2 is 1.87 bits per heavy atom. The van der Waals surface area contributed by atoms with E-state index in [1.165, 1.54) is 24.4 Å². The molecule has 0 bridgehead atoms. The summed E-state index contributed by atoms with van der Waals surface area (Å²) in [6, 6.07) is 8.09. The van der Waals surface area contributed by atoms with Gasteiger partial charge in [-0.25, -0.2) is 13.2 Å². The highest BCUT2D eigenvalue weighted by Gasteiger charge is 2.35. The van der Waals surface area contributed by atoms with E-state index in [0.29, 0.717) is 23.2 Å². The number of aromatic nitrogens is 4. The standard InChI is InChI=1S/C22H18F3N5O/c23-14-3-1-12(2-4-14)20-19(16-7-15(24)8-17(25)21(16)28-20)13-5-11(6-13)9-26-22(31)18-10-27-30-29-18/h1-4,7-8,10-11,13,28H,5-6,9H2,(H,26,31)(H,27,29,30). The smallest absolute Gasteiger partial charge is 0.273 e. The fourth-order valence-corrected chi connectivity index (χ4v) is 4.29. The molecule has 2 aromatic carbocycles. The largest absolute Gasteiger partial charge is 0.352 e. The maximum Gasteiger partial charge on any atom is 0.273 e. The van der Waals surface area contributed by atoms with E-state index < -0.39 is 11.6 Å². The van der Waals surface area contributed by atoms with Gasteiger partial charge in [0.25, 0.3) is 5.91 Å². The van der Waals surface area contributed by atoms with Crippen LogP contribution in [-0.2, 0) is 0 Å². The van der Waals surface area contributed by atoms with Crippen LogP contribution in [0.15, 0.2) is 42.6 Å². The molecular formula is C22H18F3N5O. The molecule has 0 saturated heterocycles. The molecule has 3 N–H and O–H groups in total. The zero-order valence-corrected chi connectivity index (χ0v) is 16.3. The number of hydrogen-bond donors (Lipinski definition) is 3. The highest BCUT2D eigenvalue weighted by atomic mass is 19.1. The summed E-state index contributed by atoms with van der Waals surface area (Å²) in [6.45, 7) is 0.471. The van der Waals surface area contributed by atoms with Crippen LogP contribution in [0.3, 0.4) is 0 Å². The first-order valence-electron chi connectivity index (χ1n) is 9.90. The van der Waals surface area contributed by atoms with Gasteiger partial charge in [0.2, 0.25) is 0 Å². The third-order valence-corrected chi connectivity index (χ3v) is 5.84. The Bertz CT molecular complexity index is 1240. The minimum Gasteiger partial charge on any atom is -0.352 e. The molecule has 6 nitrogen and oxygen atoms in total. The highest BCUT2D eigenvalue weighted by Crippen LogP contribution is 2.48. The molecule has 5 rings (SSSR count). The topological polar surface area (TPSA) is 86.5 Å². The maximum atomic E-state index is 14.4. The molecule has 1 fully saturated rings. The average Bonchev–Trinajstić information content (AvgIpc) is 3.36. The van der Waals surface area contributed by atoms with E-state index in [4.69, 9.17) is 0 Å². The molecule has 4 aromatic rings. The normalized spacial score (nSPS) is 18.2. The van der Waals surface area contributed by atoms with Crippen LogP contribution in [-0.4, -0.2) is 32.8 Å². The molecule has 0 radical (unpaired) electrons. The SMILES string of the molecule is O=C(NCC1CC(c2c(-c3ccc(F)cc3)[nH]c3c(F)cc(F)cc23)C1)c1cn[nH]n1. The first-order valence-corrected chi connectivity index (χ1v) is 9.90. The molecule has 1 saturated carbocycles.